The van der Waals surface area contributed by atoms with Crippen molar-refractivity contribution >= 4 is 17.3 Å². The van der Waals surface area contributed by atoms with E-state index in [1.54, 1.807) is 0 Å². The van der Waals surface area contributed by atoms with Crippen molar-refractivity contribution in [1.82, 2.24) is 4.90 Å². The summed E-state index contributed by atoms with van der Waals surface area (Å²) in [4.78, 5) is 16.6. The summed E-state index contributed by atoms with van der Waals surface area (Å²) >= 11 is 0. The third-order valence-corrected chi connectivity index (χ3v) is 4.92. The summed E-state index contributed by atoms with van der Waals surface area (Å²) < 4.78 is 0. The lowest BCUT2D eigenvalue weighted by Crippen LogP contribution is -2.51. The second-order valence-electron chi connectivity index (χ2n) is 6.18. The number of hydrogen-bond donors (Lipinski definition) is 1. The predicted molar refractivity (Wildman–Crippen MR) is 86.4 cm³/mol. The number of rotatable bonds is 3. The first-order valence-electron chi connectivity index (χ1n) is 8.11. The zero-order valence-electron chi connectivity index (χ0n) is 12.8. The highest BCUT2D eigenvalue weighted by Gasteiger charge is 2.31. The van der Waals surface area contributed by atoms with Crippen LogP contribution in [0.1, 0.15) is 31.7 Å². The molecule has 2 aliphatic rings. The van der Waals surface area contributed by atoms with E-state index in [-0.39, 0.29) is 0 Å². The van der Waals surface area contributed by atoms with Crippen LogP contribution in [0.25, 0.3) is 0 Å². The van der Waals surface area contributed by atoms with Gasteiger partial charge in [-0.15, -0.1) is 0 Å². The molecular weight excluding hydrogens is 262 g/mol. The monoisotopic (exact) mass is 287 g/mol. The van der Waals surface area contributed by atoms with Gasteiger partial charge in [-0.05, 0) is 37.0 Å². The topological polar surface area (TPSA) is 49.6 Å². The molecule has 4 nitrogen and oxygen atoms in total. The molecule has 4 heteroatoms. The lowest BCUT2D eigenvalue weighted by molar-refractivity contribution is -0.138. The maximum absolute atomic E-state index is 12.2. The highest BCUT2D eigenvalue weighted by Crippen LogP contribution is 2.29. The molecule has 0 atom stereocenters. The zero-order chi connectivity index (χ0) is 14.8. The molecule has 0 unspecified atom stereocenters. The third kappa shape index (κ3) is 2.85. The molecule has 0 bridgehead atoms. The Morgan fingerprint density at radius 1 is 1.24 bits per heavy atom. The van der Waals surface area contributed by atoms with Gasteiger partial charge in [0, 0.05) is 43.5 Å². The van der Waals surface area contributed by atoms with Crippen LogP contribution in [0.5, 0.6) is 0 Å². The van der Waals surface area contributed by atoms with Crippen LogP contribution >= 0.6 is 0 Å². The number of nitrogens with zero attached hydrogens (tertiary/aromatic N) is 2. The normalized spacial score (nSPS) is 19.5. The molecule has 2 N–H and O–H groups in total. The maximum Gasteiger partial charge on any atom is 0.225 e. The predicted octanol–water partition coefficient (Wildman–Crippen LogP) is 2.28. The van der Waals surface area contributed by atoms with Crippen molar-refractivity contribution in [2.45, 2.75) is 32.6 Å². The minimum Gasteiger partial charge on any atom is -0.398 e. The summed E-state index contributed by atoms with van der Waals surface area (Å²) in [5.41, 5.74) is 9.35. The molecule has 1 aliphatic carbocycles. The Labute approximate surface area is 126 Å². The van der Waals surface area contributed by atoms with Gasteiger partial charge in [-0.3, -0.25) is 4.79 Å². The highest BCUT2D eigenvalue weighted by molar-refractivity contribution is 5.80. The van der Waals surface area contributed by atoms with Crippen molar-refractivity contribution in [3.63, 3.8) is 0 Å². The number of nitrogens with two attached hydrogens (primary N) is 1. The number of carbonyl (C=O) groups excluding carboxylic acids is 1. The van der Waals surface area contributed by atoms with E-state index in [0.29, 0.717) is 11.8 Å². The molecule has 1 saturated carbocycles. The number of benzene rings is 1. The number of anilines is 2. The molecule has 3 rings (SSSR count). The zero-order valence-corrected chi connectivity index (χ0v) is 12.8. The van der Waals surface area contributed by atoms with Gasteiger partial charge in [0.25, 0.3) is 0 Å². The smallest absolute Gasteiger partial charge is 0.225 e. The van der Waals surface area contributed by atoms with E-state index in [2.05, 4.69) is 30.0 Å². The van der Waals surface area contributed by atoms with Crippen molar-refractivity contribution in [3.8, 4) is 0 Å². The van der Waals surface area contributed by atoms with Crippen molar-refractivity contribution in [2.24, 2.45) is 5.92 Å². The van der Waals surface area contributed by atoms with Crippen molar-refractivity contribution in [2.75, 3.05) is 36.8 Å². The average Bonchev–Trinajstić information content (AvgIpc) is 2.45. The fourth-order valence-corrected chi connectivity index (χ4v) is 3.20. The molecule has 114 valence electrons. The van der Waals surface area contributed by atoms with Gasteiger partial charge < -0.3 is 15.5 Å². The van der Waals surface area contributed by atoms with E-state index in [0.717, 1.165) is 51.1 Å². The summed E-state index contributed by atoms with van der Waals surface area (Å²) in [7, 11) is 0. The van der Waals surface area contributed by atoms with E-state index in [4.69, 9.17) is 5.73 Å². The van der Waals surface area contributed by atoms with E-state index in [1.807, 2.05) is 4.90 Å². The highest BCUT2D eigenvalue weighted by atomic mass is 16.2. The summed E-state index contributed by atoms with van der Waals surface area (Å²) in [6.07, 6.45) is 4.37. The van der Waals surface area contributed by atoms with Crippen LogP contribution < -0.4 is 10.6 Å². The summed E-state index contributed by atoms with van der Waals surface area (Å²) in [5, 5.41) is 0. The van der Waals surface area contributed by atoms with Crippen LogP contribution in [-0.4, -0.2) is 37.0 Å². The molecular formula is C17H25N3O. The van der Waals surface area contributed by atoms with Crippen molar-refractivity contribution in [3.05, 3.63) is 23.8 Å². The summed E-state index contributed by atoms with van der Waals surface area (Å²) in [5.74, 6) is 0.692. The number of aryl methyl sites for hydroxylation is 1. The molecule has 1 aromatic rings. The first-order chi connectivity index (χ1) is 10.2. The lowest BCUT2D eigenvalue weighted by Gasteiger charge is -2.39. The Hall–Kier alpha value is -1.71. The Morgan fingerprint density at radius 2 is 1.95 bits per heavy atom. The summed E-state index contributed by atoms with van der Waals surface area (Å²) in [6, 6.07) is 6.34. The standard InChI is InChI=1S/C17H25N3O/c1-2-13-6-7-15(12-16(13)18)19-8-10-20(11-9-19)17(21)14-4-3-5-14/h6-7,12,14H,2-5,8-11,18H2,1H3. The first-order valence-corrected chi connectivity index (χ1v) is 8.11. The quantitative estimate of drug-likeness (QED) is 0.868. The Balaban J connectivity index is 1.60. The van der Waals surface area contributed by atoms with Crippen molar-refractivity contribution < 1.29 is 4.79 Å². The lowest BCUT2D eigenvalue weighted by atomic mass is 9.84. The van der Waals surface area contributed by atoms with Crippen molar-refractivity contribution in [1.29, 1.82) is 0 Å². The molecule has 0 spiro atoms. The SMILES string of the molecule is CCc1ccc(N2CCN(C(=O)C3CCC3)CC2)cc1N. The second-order valence-corrected chi connectivity index (χ2v) is 6.18. The van der Waals surface area contributed by atoms with Gasteiger partial charge in [-0.25, -0.2) is 0 Å². The van der Waals surface area contributed by atoms with E-state index < -0.39 is 0 Å². The van der Waals surface area contributed by atoms with Crippen LogP contribution in [0.4, 0.5) is 11.4 Å². The first kappa shape index (κ1) is 14.2. The molecule has 1 aromatic carbocycles. The minimum atomic E-state index is 0.316. The maximum atomic E-state index is 12.2. The molecule has 21 heavy (non-hydrogen) atoms. The molecule has 1 saturated heterocycles. The average molecular weight is 287 g/mol. The van der Waals surface area contributed by atoms with Gasteiger partial charge >= 0.3 is 0 Å². The molecule has 1 amide bonds. The van der Waals surface area contributed by atoms with E-state index in [1.165, 1.54) is 17.7 Å². The molecule has 1 heterocycles. The Morgan fingerprint density at radius 3 is 2.48 bits per heavy atom. The number of nitrogen functional groups attached to an aromatic ring is 1. The van der Waals surface area contributed by atoms with Gasteiger partial charge in [-0.2, -0.15) is 0 Å². The van der Waals surface area contributed by atoms with Gasteiger partial charge in [-0.1, -0.05) is 19.4 Å². The third-order valence-electron chi connectivity index (χ3n) is 4.92. The van der Waals surface area contributed by atoms with Crippen LogP contribution in [0.3, 0.4) is 0 Å². The van der Waals surface area contributed by atoms with E-state index in [9.17, 15) is 4.79 Å². The van der Waals surface area contributed by atoms with Gasteiger partial charge in [0.1, 0.15) is 0 Å². The fourth-order valence-electron chi connectivity index (χ4n) is 3.20. The largest absolute Gasteiger partial charge is 0.398 e. The van der Waals surface area contributed by atoms with Crippen LogP contribution in [-0.2, 0) is 11.2 Å². The molecule has 2 fully saturated rings. The van der Waals surface area contributed by atoms with Gasteiger partial charge in [0.15, 0.2) is 0 Å². The summed E-state index contributed by atoms with van der Waals surface area (Å²) in [6.45, 7) is 5.61. The molecule has 0 aromatic heterocycles. The number of piperazine rings is 1. The van der Waals surface area contributed by atoms with Gasteiger partial charge in [0.2, 0.25) is 5.91 Å². The fraction of sp³-hybridized carbons (Fsp3) is 0.588. The van der Waals surface area contributed by atoms with E-state index >= 15 is 0 Å². The number of carbonyl (C=O) groups is 1. The Bertz CT molecular complexity index is 517. The second kappa shape index (κ2) is 5.96. The minimum absolute atomic E-state index is 0.316. The number of hydrogen-bond acceptors (Lipinski definition) is 3. The molecule has 0 radical (unpaired) electrons. The molecule has 1 aliphatic heterocycles. The number of amides is 1. The van der Waals surface area contributed by atoms with Crippen LogP contribution in [0, 0.1) is 5.92 Å². The Kier molecular flexibility index (Phi) is 4.04. The van der Waals surface area contributed by atoms with Crippen LogP contribution in [0.2, 0.25) is 0 Å². The van der Waals surface area contributed by atoms with Crippen LogP contribution in [0.15, 0.2) is 18.2 Å². The van der Waals surface area contributed by atoms with Gasteiger partial charge in [0.05, 0.1) is 0 Å².